The summed E-state index contributed by atoms with van der Waals surface area (Å²) in [4.78, 5) is 0. The maximum atomic E-state index is 13.9. The van der Waals surface area contributed by atoms with Gasteiger partial charge < -0.3 is 10.8 Å². The number of halogens is 2. The van der Waals surface area contributed by atoms with Crippen molar-refractivity contribution in [3.05, 3.63) is 69.4 Å². The molecular formula is C16H15BrFNO. The van der Waals surface area contributed by atoms with Gasteiger partial charge in [-0.05, 0) is 41.3 Å². The molecule has 0 saturated carbocycles. The molecule has 1 aliphatic rings. The molecule has 3 N–H and O–H groups in total. The van der Waals surface area contributed by atoms with E-state index in [4.69, 9.17) is 5.73 Å². The molecule has 0 bridgehead atoms. The predicted molar refractivity (Wildman–Crippen MR) is 79.7 cm³/mol. The van der Waals surface area contributed by atoms with Crippen LogP contribution < -0.4 is 5.73 Å². The van der Waals surface area contributed by atoms with Crippen molar-refractivity contribution in [2.45, 2.75) is 24.5 Å². The number of nitrogens with two attached hydrogens (primary N) is 1. The average Bonchev–Trinajstić information content (AvgIpc) is 2.67. The number of hydrogen-bond donors (Lipinski definition) is 2. The molecule has 2 nitrogen and oxygen atoms in total. The highest BCUT2D eigenvalue weighted by molar-refractivity contribution is 9.10. The molecular weight excluding hydrogens is 321 g/mol. The van der Waals surface area contributed by atoms with Crippen LogP contribution in [0.5, 0.6) is 0 Å². The van der Waals surface area contributed by atoms with Gasteiger partial charge in [0.15, 0.2) is 0 Å². The summed E-state index contributed by atoms with van der Waals surface area (Å²) in [6.45, 7) is 0. The Hall–Kier alpha value is -1.23. The number of rotatable bonds is 2. The lowest BCUT2D eigenvalue weighted by Gasteiger charge is -2.24. The molecule has 2 atom stereocenters. The smallest absolute Gasteiger partial charge is 0.126 e. The van der Waals surface area contributed by atoms with Gasteiger partial charge in [-0.1, -0.05) is 40.2 Å². The molecule has 104 valence electrons. The van der Waals surface area contributed by atoms with Crippen molar-refractivity contribution in [2.24, 2.45) is 5.73 Å². The van der Waals surface area contributed by atoms with Crippen molar-refractivity contribution in [3.8, 4) is 0 Å². The van der Waals surface area contributed by atoms with Crippen molar-refractivity contribution in [1.82, 2.24) is 0 Å². The molecule has 2 unspecified atom stereocenters. The summed E-state index contributed by atoms with van der Waals surface area (Å²) < 4.78 is 14.7. The fourth-order valence-electron chi connectivity index (χ4n) is 2.99. The molecule has 4 heteroatoms. The molecule has 0 radical (unpaired) electrons. The molecule has 0 amide bonds. The minimum atomic E-state index is -1.10. The van der Waals surface area contributed by atoms with Gasteiger partial charge in [0.25, 0.3) is 0 Å². The van der Waals surface area contributed by atoms with Gasteiger partial charge in [0.2, 0.25) is 0 Å². The van der Waals surface area contributed by atoms with Crippen molar-refractivity contribution >= 4 is 15.9 Å². The highest BCUT2D eigenvalue weighted by Crippen LogP contribution is 2.44. The van der Waals surface area contributed by atoms with Crippen LogP contribution in [-0.4, -0.2) is 5.11 Å². The molecule has 0 spiro atoms. The molecule has 0 saturated heterocycles. The standard InChI is InChI=1S/C16H15BrFNO/c17-11-5-6-14(18)10(7-11)8-16(20)9-15(19)12-3-1-2-4-13(12)16/h1-7,15,20H,8-9,19H2. The zero-order chi connectivity index (χ0) is 14.3. The molecule has 1 aliphatic carbocycles. The normalized spacial score (nSPS) is 24.7. The van der Waals surface area contributed by atoms with Crippen LogP contribution in [-0.2, 0) is 12.0 Å². The Labute approximate surface area is 125 Å². The summed E-state index contributed by atoms with van der Waals surface area (Å²) in [5.41, 5.74) is 7.23. The van der Waals surface area contributed by atoms with Crippen molar-refractivity contribution < 1.29 is 9.50 Å². The number of hydrogen-bond acceptors (Lipinski definition) is 2. The van der Waals surface area contributed by atoms with Gasteiger partial charge >= 0.3 is 0 Å². The van der Waals surface area contributed by atoms with E-state index in [2.05, 4.69) is 15.9 Å². The highest BCUT2D eigenvalue weighted by Gasteiger charge is 2.41. The second kappa shape index (κ2) is 4.95. The average molecular weight is 336 g/mol. The Bertz CT molecular complexity index is 661. The Balaban J connectivity index is 2.01. The molecule has 0 fully saturated rings. The summed E-state index contributed by atoms with van der Waals surface area (Å²) in [6.07, 6.45) is 0.640. The second-order valence-corrected chi connectivity index (χ2v) is 6.26. The number of benzene rings is 2. The van der Waals surface area contributed by atoms with E-state index in [1.807, 2.05) is 24.3 Å². The van der Waals surface area contributed by atoms with Crippen LogP contribution in [0.25, 0.3) is 0 Å². The maximum absolute atomic E-state index is 13.9. The van der Waals surface area contributed by atoms with E-state index >= 15 is 0 Å². The first-order chi connectivity index (χ1) is 9.49. The first kappa shape index (κ1) is 13.7. The minimum Gasteiger partial charge on any atom is -0.385 e. The van der Waals surface area contributed by atoms with E-state index in [0.29, 0.717) is 12.0 Å². The fraction of sp³-hybridized carbons (Fsp3) is 0.250. The molecule has 0 aromatic heterocycles. The Kier molecular flexibility index (Phi) is 3.40. The van der Waals surface area contributed by atoms with Crippen LogP contribution in [0.2, 0.25) is 0 Å². The van der Waals surface area contributed by atoms with Gasteiger partial charge in [-0.15, -0.1) is 0 Å². The number of aliphatic hydroxyl groups is 1. The monoisotopic (exact) mass is 335 g/mol. The zero-order valence-corrected chi connectivity index (χ0v) is 12.4. The van der Waals surface area contributed by atoms with Crippen LogP contribution >= 0.6 is 15.9 Å². The quantitative estimate of drug-likeness (QED) is 0.883. The fourth-order valence-corrected chi connectivity index (χ4v) is 3.40. The third-order valence-electron chi connectivity index (χ3n) is 3.91. The van der Waals surface area contributed by atoms with E-state index in [-0.39, 0.29) is 18.3 Å². The molecule has 3 rings (SSSR count). The lowest BCUT2D eigenvalue weighted by Crippen LogP contribution is -2.27. The molecule has 0 heterocycles. The van der Waals surface area contributed by atoms with Crippen LogP contribution in [0.3, 0.4) is 0 Å². The maximum Gasteiger partial charge on any atom is 0.126 e. The Morgan fingerprint density at radius 2 is 2.05 bits per heavy atom. The van der Waals surface area contributed by atoms with Gasteiger partial charge in [-0.25, -0.2) is 4.39 Å². The van der Waals surface area contributed by atoms with Crippen LogP contribution in [0.1, 0.15) is 29.2 Å². The first-order valence-electron chi connectivity index (χ1n) is 6.51. The lowest BCUT2D eigenvalue weighted by molar-refractivity contribution is 0.0333. The van der Waals surface area contributed by atoms with Crippen molar-refractivity contribution in [2.75, 3.05) is 0 Å². The summed E-state index contributed by atoms with van der Waals surface area (Å²) in [5.74, 6) is -0.306. The second-order valence-electron chi connectivity index (χ2n) is 5.34. The summed E-state index contributed by atoms with van der Waals surface area (Å²) in [5, 5.41) is 10.9. The highest BCUT2D eigenvalue weighted by atomic mass is 79.9. The first-order valence-corrected chi connectivity index (χ1v) is 7.30. The SMILES string of the molecule is NC1CC(O)(Cc2cc(Br)ccc2F)c2ccccc21. The lowest BCUT2D eigenvalue weighted by atomic mass is 9.88. The molecule has 0 aliphatic heterocycles. The van der Waals surface area contributed by atoms with E-state index in [9.17, 15) is 9.50 Å². The third-order valence-corrected chi connectivity index (χ3v) is 4.40. The van der Waals surface area contributed by atoms with Gasteiger partial charge in [-0.3, -0.25) is 0 Å². The zero-order valence-electron chi connectivity index (χ0n) is 10.8. The predicted octanol–water partition coefficient (Wildman–Crippen LogP) is 3.42. The van der Waals surface area contributed by atoms with Crippen LogP contribution in [0.4, 0.5) is 4.39 Å². The van der Waals surface area contributed by atoms with E-state index < -0.39 is 5.60 Å². The third kappa shape index (κ3) is 2.28. The molecule has 2 aromatic rings. The largest absolute Gasteiger partial charge is 0.385 e. The topological polar surface area (TPSA) is 46.2 Å². The van der Waals surface area contributed by atoms with Gasteiger partial charge in [0.05, 0.1) is 5.60 Å². The van der Waals surface area contributed by atoms with E-state index in [0.717, 1.165) is 15.6 Å². The van der Waals surface area contributed by atoms with E-state index in [1.54, 1.807) is 12.1 Å². The molecule has 20 heavy (non-hydrogen) atoms. The van der Waals surface area contributed by atoms with E-state index in [1.165, 1.54) is 6.07 Å². The Morgan fingerprint density at radius 3 is 2.85 bits per heavy atom. The minimum absolute atomic E-state index is 0.202. The van der Waals surface area contributed by atoms with Crippen LogP contribution in [0, 0.1) is 5.82 Å². The summed E-state index contributed by atoms with van der Waals surface area (Å²) in [6, 6.07) is 12.1. The summed E-state index contributed by atoms with van der Waals surface area (Å²) in [7, 11) is 0. The van der Waals surface area contributed by atoms with Crippen LogP contribution in [0.15, 0.2) is 46.9 Å². The van der Waals surface area contributed by atoms with Gasteiger partial charge in [0, 0.05) is 16.9 Å². The van der Waals surface area contributed by atoms with Gasteiger partial charge in [-0.2, -0.15) is 0 Å². The summed E-state index contributed by atoms with van der Waals surface area (Å²) >= 11 is 3.33. The van der Waals surface area contributed by atoms with Gasteiger partial charge in [0.1, 0.15) is 5.82 Å². The number of fused-ring (bicyclic) bond motifs is 1. The van der Waals surface area contributed by atoms with Crippen molar-refractivity contribution in [3.63, 3.8) is 0 Å². The molecule has 2 aromatic carbocycles. The van der Waals surface area contributed by atoms with Crippen molar-refractivity contribution in [1.29, 1.82) is 0 Å². The Morgan fingerprint density at radius 1 is 1.30 bits per heavy atom.